The smallest absolute Gasteiger partial charge is 0.341 e. The van der Waals surface area contributed by atoms with E-state index in [1.165, 1.54) is 0 Å². The lowest BCUT2D eigenvalue weighted by atomic mass is 9.99. The molecule has 0 unspecified atom stereocenters. The Morgan fingerprint density at radius 2 is 2.29 bits per heavy atom. The van der Waals surface area contributed by atoms with E-state index in [-0.39, 0.29) is 5.82 Å². The van der Waals surface area contributed by atoms with Gasteiger partial charge in [0.05, 0.1) is 11.3 Å². The number of hydrogen-bond donors (Lipinski definition) is 3. The first kappa shape index (κ1) is 15.6. The standard InChI is InChI=1S/C16H16N4O4/c1-19-6-11-14(17)10-4-8-2-3-9(23-7-13(21)22)5-12(8)24-16(10)20-15(11)18/h2-3,5-6H,4,7H2,1H3,(H,21,22)(H4,17,18,20). The maximum absolute atomic E-state index is 10.6. The summed E-state index contributed by atoms with van der Waals surface area (Å²) in [7, 11) is 1.63. The minimum atomic E-state index is -1.05. The van der Waals surface area contributed by atoms with Crippen molar-refractivity contribution in [3.63, 3.8) is 0 Å². The number of nitrogens with two attached hydrogens (primary N) is 2. The third kappa shape index (κ3) is 2.81. The summed E-state index contributed by atoms with van der Waals surface area (Å²) in [5, 5.41) is 8.67. The number of pyridine rings is 1. The Bertz CT molecular complexity index is 848. The molecule has 0 fully saturated rings. The van der Waals surface area contributed by atoms with E-state index < -0.39 is 12.6 Å². The number of aromatic nitrogens is 1. The number of carboxylic acid groups (broad SMARTS) is 1. The highest BCUT2D eigenvalue weighted by Gasteiger charge is 2.24. The van der Waals surface area contributed by atoms with Crippen molar-refractivity contribution in [2.75, 3.05) is 25.1 Å². The van der Waals surface area contributed by atoms with Gasteiger partial charge in [-0.05, 0) is 11.6 Å². The number of benzene rings is 1. The van der Waals surface area contributed by atoms with Gasteiger partial charge >= 0.3 is 5.97 Å². The number of aliphatic carboxylic acids is 1. The Morgan fingerprint density at radius 1 is 1.50 bits per heavy atom. The van der Waals surface area contributed by atoms with E-state index in [0.29, 0.717) is 35.1 Å². The van der Waals surface area contributed by atoms with E-state index in [4.69, 9.17) is 26.0 Å². The van der Waals surface area contributed by atoms with E-state index >= 15 is 0 Å². The maximum Gasteiger partial charge on any atom is 0.341 e. The van der Waals surface area contributed by atoms with Crippen molar-refractivity contribution >= 4 is 23.7 Å². The zero-order valence-corrected chi connectivity index (χ0v) is 12.9. The molecule has 0 atom stereocenters. The van der Waals surface area contributed by atoms with Crippen LogP contribution in [0.5, 0.6) is 17.4 Å². The fourth-order valence-electron chi connectivity index (χ4n) is 2.48. The third-order valence-corrected chi connectivity index (χ3v) is 3.60. The van der Waals surface area contributed by atoms with Crippen molar-refractivity contribution in [3.05, 3.63) is 34.9 Å². The molecule has 0 radical (unpaired) electrons. The molecule has 2 aromatic rings. The molecule has 0 aliphatic carbocycles. The molecule has 1 aliphatic heterocycles. The monoisotopic (exact) mass is 328 g/mol. The van der Waals surface area contributed by atoms with Crippen molar-refractivity contribution in [1.82, 2.24) is 4.98 Å². The second-order valence-electron chi connectivity index (χ2n) is 5.23. The fraction of sp³-hybridized carbons (Fsp3) is 0.188. The molecule has 3 rings (SSSR count). The second-order valence-corrected chi connectivity index (χ2v) is 5.23. The minimum Gasteiger partial charge on any atom is -0.482 e. The molecule has 1 aromatic heterocycles. The highest BCUT2D eigenvalue weighted by molar-refractivity contribution is 5.94. The first-order chi connectivity index (χ1) is 11.5. The van der Waals surface area contributed by atoms with Gasteiger partial charge < -0.3 is 26.0 Å². The molecule has 124 valence electrons. The summed E-state index contributed by atoms with van der Waals surface area (Å²) in [4.78, 5) is 18.8. The second kappa shape index (κ2) is 6.07. The molecule has 24 heavy (non-hydrogen) atoms. The molecule has 1 aliphatic rings. The number of carbonyl (C=O) groups is 1. The van der Waals surface area contributed by atoms with E-state index in [9.17, 15) is 4.79 Å². The number of anilines is 2. The summed E-state index contributed by atoms with van der Waals surface area (Å²) in [6.45, 7) is -0.423. The van der Waals surface area contributed by atoms with Gasteiger partial charge in [0, 0.05) is 31.3 Å². The van der Waals surface area contributed by atoms with Crippen molar-refractivity contribution in [3.8, 4) is 17.4 Å². The van der Waals surface area contributed by atoms with Crippen LogP contribution < -0.4 is 20.9 Å². The van der Waals surface area contributed by atoms with Crippen LogP contribution in [0.15, 0.2) is 23.2 Å². The average molecular weight is 328 g/mol. The van der Waals surface area contributed by atoms with Gasteiger partial charge in [-0.15, -0.1) is 0 Å². The largest absolute Gasteiger partial charge is 0.482 e. The average Bonchev–Trinajstić information content (AvgIpc) is 2.55. The Kier molecular flexibility index (Phi) is 3.95. The van der Waals surface area contributed by atoms with Crippen molar-refractivity contribution in [2.45, 2.75) is 6.42 Å². The number of carboxylic acids is 1. The summed E-state index contributed by atoms with van der Waals surface area (Å²) in [6.07, 6.45) is 2.09. The van der Waals surface area contributed by atoms with Crippen molar-refractivity contribution in [2.24, 2.45) is 4.99 Å². The van der Waals surface area contributed by atoms with Crippen molar-refractivity contribution < 1.29 is 19.4 Å². The van der Waals surface area contributed by atoms with Gasteiger partial charge in [0.1, 0.15) is 17.3 Å². The number of nitrogens with zero attached hydrogens (tertiary/aromatic N) is 2. The first-order valence-electron chi connectivity index (χ1n) is 7.15. The number of nitrogen functional groups attached to an aromatic ring is 2. The number of hydrogen-bond acceptors (Lipinski definition) is 7. The molecular weight excluding hydrogens is 312 g/mol. The van der Waals surface area contributed by atoms with E-state index in [2.05, 4.69) is 9.98 Å². The Balaban J connectivity index is 1.95. The lowest BCUT2D eigenvalue weighted by Gasteiger charge is -2.22. The van der Waals surface area contributed by atoms with Crippen LogP contribution in [0.2, 0.25) is 0 Å². The molecule has 0 saturated heterocycles. The van der Waals surface area contributed by atoms with Crippen LogP contribution in [0.25, 0.3) is 0 Å². The molecule has 0 amide bonds. The van der Waals surface area contributed by atoms with E-state index in [1.54, 1.807) is 31.5 Å². The molecule has 5 N–H and O–H groups in total. The highest BCUT2D eigenvalue weighted by Crippen LogP contribution is 2.41. The summed E-state index contributed by atoms with van der Waals surface area (Å²) in [6, 6.07) is 5.11. The predicted molar refractivity (Wildman–Crippen MR) is 89.0 cm³/mol. The van der Waals surface area contributed by atoms with Gasteiger partial charge in [0.2, 0.25) is 5.88 Å². The Morgan fingerprint density at radius 3 is 3.00 bits per heavy atom. The molecule has 0 spiro atoms. The maximum atomic E-state index is 10.6. The van der Waals surface area contributed by atoms with Crippen molar-refractivity contribution in [1.29, 1.82) is 0 Å². The molecule has 8 heteroatoms. The van der Waals surface area contributed by atoms with Crippen LogP contribution >= 0.6 is 0 Å². The SMILES string of the molecule is CN=Cc1c(N)nc2c(c1N)Cc1ccc(OCC(=O)O)cc1O2. The van der Waals surface area contributed by atoms with Crippen LogP contribution in [0.4, 0.5) is 11.5 Å². The molecule has 0 bridgehead atoms. The highest BCUT2D eigenvalue weighted by atomic mass is 16.5. The van der Waals surface area contributed by atoms with Gasteiger partial charge in [0.15, 0.2) is 6.61 Å². The number of rotatable bonds is 4. The van der Waals surface area contributed by atoms with Crippen LogP contribution in [0, 0.1) is 0 Å². The van der Waals surface area contributed by atoms with Gasteiger partial charge in [-0.3, -0.25) is 4.99 Å². The summed E-state index contributed by atoms with van der Waals surface area (Å²) in [5.41, 5.74) is 14.8. The van der Waals surface area contributed by atoms with Crippen LogP contribution in [-0.4, -0.2) is 35.9 Å². The normalized spacial score (nSPS) is 12.4. The molecule has 8 nitrogen and oxygen atoms in total. The van der Waals surface area contributed by atoms with E-state index in [1.807, 2.05) is 0 Å². The van der Waals surface area contributed by atoms with Gasteiger partial charge in [-0.1, -0.05) is 6.07 Å². The zero-order valence-electron chi connectivity index (χ0n) is 12.9. The van der Waals surface area contributed by atoms with Crippen LogP contribution in [0.1, 0.15) is 16.7 Å². The lowest BCUT2D eigenvalue weighted by Crippen LogP contribution is -2.13. The lowest BCUT2D eigenvalue weighted by molar-refractivity contribution is -0.139. The molecule has 0 saturated carbocycles. The van der Waals surface area contributed by atoms with Gasteiger partial charge in [0.25, 0.3) is 0 Å². The summed E-state index contributed by atoms with van der Waals surface area (Å²) < 4.78 is 10.9. The number of fused-ring (bicyclic) bond motifs is 2. The zero-order chi connectivity index (χ0) is 17.3. The minimum absolute atomic E-state index is 0.235. The molecular formula is C16H16N4O4. The van der Waals surface area contributed by atoms with Gasteiger partial charge in [-0.25, -0.2) is 4.79 Å². The van der Waals surface area contributed by atoms with Crippen LogP contribution in [-0.2, 0) is 11.2 Å². The summed E-state index contributed by atoms with van der Waals surface area (Å²) in [5.74, 6) is 0.454. The Labute approximate surface area is 137 Å². The third-order valence-electron chi connectivity index (χ3n) is 3.60. The van der Waals surface area contributed by atoms with Gasteiger partial charge in [-0.2, -0.15) is 4.98 Å². The fourth-order valence-corrected chi connectivity index (χ4v) is 2.48. The summed E-state index contributed by atoms with van der Waals surface area (Å²) >= 11 is 0. The Hall–Kier alpha value is -3.29. The number of ether oxygens (including phenoxy) is 2. The molecule has 2 heterocycles. The molecule has 1 aromatic carbocycles. The topological polar surface area (TPSA) is 133 Å². The quantitative estimate of drug-likeness (QED) is 0.617. The predicted octanol–water partition coefficient (Wildman–Crippen LogP) is 1.45. The van der Waals surface area contributed by atoms with Crippen LogP contribution in [0.3, 0.4) is 0 Å². The first-order valence-corrected chi connectivity index (χ1v) is 7.15. The number of aliphatic imine (C=N–C) groups is 1. The van der Waals surface area contributed by atoms with E-state index in [0.717, 1.165) is 11.1 Å².